The summed E-state index contributed by atoms with van der Waals surface area (Å²) in [6, 6.07) is -0.538. The topological polar surface area (TPSA) is 69.6 Å². The molecule has 1 aliphatic carbocycles. The molecule has 1 saturated carbocycles. The van der Waals surface area contributed by atoms with Crippen molar-refractivity contribution in [3.8, 4) is 0 Å². The van der Waals surface area contributed by atoms with Crippen LogP contribution < -0.4 is 5.32 Å². The van der Waals surface area contributed by atoms with Crippen LogP contribution in [-0.2, 0) is 9.59 Å². The zero-order chi connectivity index (χ0) is 12.6. The Balaban J connectivity index is 1.91. The van der Waals surface area contributed by atoms with Crippen LogP contribution in [0, 0.1) is 5.92 Å². The first-order valence-electron chi connectivity index (χ1n) is 6.10. The van der Waals surface area contributed by atoms with Gasteiger partial charge in [0.25, 0.3) is 0 Å². The van der Waals surface area contributed by atoms with Gasteiger partial charge in [-0.2, -0.15) is 0 Å². The van der Waals surface area contributed by atoms with Gasteiger partial charge >= 0.3 is 0 Å². The average Bonchev–Trinajstić information content (AvgIpc) is 2.76. The Morgan fingerprint density at radius 2 is 2.18 bits per heavy atom. The molecule has 17 heavy (non-hydrogen) atoms. The SMILES string of the molecule is CC1N[C@]23C[C@H]2C(=O)N(CC(C)(C)O)[C@@H]3C1=O. The Morgan fingerprint density at radius 1 is 1.53 bits per heavy atom. The Labute approximate surface area is 100 Å². The van der Waals surface area contributed by atoms with E-state index in [1.54, 1.807) is 18.7 Å². The molecule has 2 heterocycles. The van der Waals surface area contributed by atoms with E-state index >= 15 is 0 Å². The smallest absolute Gasteiger partial charge is 0.228 e. The highest BCUT2D eigenvalue weighted by Gasteiger charge is 2.76. The van der Waals surface area contributed by atoms with Crippen molar-refractivity contribution in [3.05, 3.63) is 0 Å². The summed E-state index contributed by atoms with van der Waals surface area (Å²) in [5, 5.41) is 13.1. The summed E-state index contributed by atoms with van der Waals surface area (Å²) in [5.41, 5.74) is -1.27. The molecule has 0 bridgehead atoms. The maximum atomic E-state index is 12.1. The summed E-state index contributed by atoms with van der Waals surface area (Å²) in [5.74, 6) is 0.0521. The van der Waals surface area contributed by atoms with Crippen molar-refractivity contribution in [2.24, 2.45) is 5.92 Å². The summed E-state index contributed by atoms with van der Waals surface area (Å²) in [6.07, 6.45) is 0.773. The van der Waals surface area contributed by atoms with Crippen LogP contribution in [0.1, 0.15) is 27.2 Å². The molecule has 3 aliphatic rings. The molecule has 1 unspecified atom stereocenters. The Bertz CT molecular complexity index is 414. The monoisotopic (exact) mass is 238 g/mol. The predicted octanol–water partition coefficient (Wildman–Crippen LogP) is -0.712. The molecule has 5 nitrogen and oxygen atoms in total. The van der Waals surface area contributed by atoms with Crippen LogP contribution in [0.25, 0.3) is 0 Å². The van der Waals surface area contributed by atoms with Gasteiger partial charge in [-0.1, -0.05) is 0 Å². The van der Waals surface area contributed by atoms with E-state index in [-0.39, 0.29) is 41.8 Å². The fraction of sp³-hybridized carbons (Fsp3) is 0.833. The molecule has 94 valence electrons. The largest absolute Gasteiger partial charge is 0.389 e. The van der Waals surface area contributed by atoms with Crippen molar-refractivity contribution in [1.29, 1.82) is 0 Å². The maximum Gasteiger partial charge on any atom is 0.228 e. The molecule has 2 aliphatic heterocycles. The standard InChI is InChI=1S/C12H18N2O3/c1-6-8(15)9-12(13-6)4-7(12)10(16)14(9)5-11(2,3)17/h6-7,9,13,17H,4-5H2,1-3H3/t6?,7-,9+,12+/m0/s1. The molecule has 2 N–H and O–H groups in total. The minimum absolute atomic E-state index is 0.0184. The van der Waals surface area contributed by atoms with E-state index in [1.165, 1.54) is 0 Å². The van der Waals surface area contributed by atoms with Crippen LogP contribution in [0.3, 0.4) is 0 Å². The lowest BCUT2D eigenvalue weighted by atomic mass is 10.0. The van der Waals surface area contributed by atoms with Crippen LogP contribution >= 0.6 is 0 Å². The number of carbonyl (C=O) groups is 2. The number of β-amino-alcohol motifs (C(OH)–C–C–N with tert-alkyl or cyclic N) is 1. The summed E-state index contributed by atoms with van der Waals surface area (Å²) < 4.78 is 0. The minimum atomic E-state index is -0.959. The normalized spacial score (nSPS) is 44.0. The number of amides is 1. The van der Waals surface area contributed by atoms with Crippen molar-refractivity contribution < 1.29 is 14.7 Å². The first-order valence-corrected chi connectivity index (χ1v) is 6.10. The highest BCUT2D eigenvalue weighted by Crippen LogP contribution is 2.57. The first-order chi connectivity index (χ1) is 7.76. The van der Waals surface area contributed by atoms with Gasteiger partial charge in [0.05, 0.1) is 23.1 Å². The van der Waals surface area contributed by atoms with Gasteiger partial charge in [-0.05, 0) is 27.2 Å². The molecule has 0 aromatic rings. The summed E-state index contributed by atoms with van der Waals surface area (Å²) in [7, 11) is 0. The number of carbonyl (C=O) groups excluding carboxylic acids is 2. The van der Waals surface area contributed by atoms with Crippen molar-refractivity contribution in [3.63, 3.8) is 0 Å². The molecular formula is C12H18N2O3. The highest BCUT2D eigenvalue weighted by atomic mass is 16.3. The number of hydrogen-bond acceptors (Lipinski definition) is 4. The molecule has 1 spiro atoms. The molecule has 0 aromatic heterocycles. The number of aliphatic hydroxyl groups is 1. The van der Waals surface area contributed by atoms with E-state index in [4.69, 9.17) is 0 Å². The molecular weight excluding hydrogens is 220 g/mol. The Morgan fingerprint density at radius 3 is 2.76 bits per heavy atom. The lowest BCUT2D eigenvalue weighted by Gasteiger charge is -2.31. The van der Waals surface area contributed by atoms with Gasteiger partial charge in [0.1, 0.15) is 6.04 Å². The van der Waals surface area contributed by atoms with E-state index in [2.05, 4.69) is 5.32 Å². The fourth-order valence-corrected chi connectivity index (χ4v) is 3.44. The van der Waals surface area contributed by atoms with Gasteiger partial charge in [-0.3, -0.25) is 14.9 Å². The first kappa shape index (κ1) is 11.2. The van der Waals surface area contributed by atoms with Gasteiger partial charge in [0, 0.05) is 6.54 Å². The third-order valence-corrected chi connectivity index (χ3v) is 4.12. The van der Waals surface area contributed by atoms with Crippen molar-refractivity contribution in [2.75, 3.05) is 6.54 Å². The van der Waals surface area contributed by atoms with Crippen LogP contribution in [0.15, 0.2) is 0 Å². The number of hydrogen-bond donors (Lipinski definition) is 2. The molecule has 0 radical (unpaired) electrons. The van der Waals surface area contributed by atoms with Crippen molar-refractivity contribution >= 4 is 11.7 Å². The number of nitrogens with zero attached hydrogens (tertiary/aromatic N) is 1. The molecule has 3 fully saturated rings. The lowest BCUT2D eigenvalue weighted by molar-refractivity contribution is -0.139. The molecule has 2 saturated heterocycles. The number of likely N-dealkylation sites (tertiary alicyclic amines) is 1. The zero-order valence-corrected chi connectivity index (χ0v) is 10.4. The van der Waals surface area contributed by atoms with Crippen LogP contribution in [0.5, 0.6) is 0 Å². The average molecular weight is 238 g/mol. The van der Waals surface area contributed by atoms with Gasteiger partial charge in [0.15, 0.2) is 5.78 Å². The molecule has 4 atom stereocenters. The summed E-state index contributed by atoms with van der Waals surface area (Å²) in [4.78, 5) is 25.8. The van der Waals surface area contributed by atoms with Gasteiger partial charge < -0.3 is 10.0 Å². The van der Waals surface area contributed by atoms with Crippen LogP contribution in [0.4, 0.5) is 0 Å². The summed E-state index contributed by atoms with van der Waals surface area (Å²) >= 11 is 0. The maximum absolute atomic E-state index is 12.1. The molecule has 1 amide bonds. The van der Waals surface area contributed by atoms with E-state index in [1.807, 2.05) is 6.92 Å². The van der Waals surface area contributed by atoms with E-state index < -0.39 is 5.60 Å². The molecule has 0 aromatic carbocycles. The number of piperidine rings is 1. The lowest BCUT2D eigenvalue weighted by Crippen LogP contribution is -2.50. The number of rotatable bonds is 2. The second-order valence-corrected chi connectivity index (χ2v) is 6.25. The van der Waals surface area contributed by atoms with Gasteiger partial charge in [0.2, 0.25) is 5.91 Å². The molecule has 3 rings (SSSR count). The van der Waals surface area contributed by atoms with Gasteiger partial charge in [-0.25, -0.2) is 0 Å². The van der Waals surface area contributed by atoms with E-state index in [0.29, 0.717) is 0 Å². The van der Waals surface area contributed by atoms with Crippen molar-refractivity contribution in [1.82, 2.24) is 10.2 Å². The van der Waals surface area contributed by atoms with Crippen molar-refractivity contribution in [2.45, 2.75) is 50.4 Å². The third-order valence-electron chi connectivity index (χ3n) is 4.12. The highest BCUT2D eigenvalue weighted by molar-refractivity contribution is 6.04. The third kappa shape index (κ3) is 1.32. The quantitative estimate of drug-likeness (QED) is 0.666. The predicted molar refractivity (Wildman–Crippen MR) is 60.2 cm³/mol. The zero-order valence-electron chi connectivity index (χ0n) is 10.4. The second kappa shape index (κ2) is 2.90. The van der Waals surface area contributed by atoms with E-state index in [0.717, 1.165) is 6.42 Å². The fourth-order valence-electron chi connectivity index (χ4n) is 3.44. The van der Waals surface area contributed by atoms with Crippen LogP contribution in [0.2, 0.25) is 0 Å². The number of ketones is 1. The number of Topliss-reactive ketones (excluding diaryl/α,β-unsaturated/α-hetero) is 1. The molecule has 5 heteroatoms. The number of nitrogens with one attached hydrogen (secondary N) is 1. The summed E-state index contributed by atoms with van der Waals surface area (Å²) in [6.45, 7) is 5.40. The van der Waals surface area contributed by atoms with Gasteiger partial charge in [-0.15, -0.1) is 0 Å². The Hall–Kier alpha value is -0.940. The van der Waals surface area contributed by atoms with E-state index in [9.17, 15) is 14.7 Å². The second-order valence-electron chi connectivity index (χ2n) is 6.25. The minimum Gasteiger partial charge on any atom is -0.389 e. The van der Waals surface area contributed by atoms with Crippen LogP contribution in [-0.4, -0.2) is 51.5 Å². The Kier molecular flexibility index (Phi) is 1.90.